The highest BCUT2D eigenvalue weighted by Crippen LogP contribution is 1.99. The van der Waals surface area contributed by atoms with Crippen LogP contribution in [-0.2, 0) is 9.47 Å². The highest BCUT2D eigenvalue weighted by Gasteiger charge is 2.04. The van der Waals surface area contributed by atoms with Crippen molar-refractivity contribution in [3.63, 3.8) is 0 Å². The van der Waals surface area contributed by atoms with Crippen LogP contribution in [0.3, 0.4) is 0 Å². The molecule has 4 heteroatoms. The fourth-order valence-electron chi connectivity index (χ4n) is 1.26. The van der Waals surface area contributed by atoms with Crippen LogP contribution in [0.5, 0.6) is 0 Å². The van der Waals surface area contributed by atoms with Gasteiger partial charge in [0, 0.05) is 13.2 Å². The van der Waals surface area contributed by atoms with E-state index < -0.39 is 0 Å². The Balaban J connectivity index is 3.51. The van der Waals surface area contributed by atoms with Gasteiger partial charge in [-0.05, 0) is 19.3 Å². The molecule has 0 amide bonds. The van der Waals surface area contributed by atoms with Gasteiger partial charge < -0.3 is 19.7 Å². The van der Waals surface area contributed by atoms with Crippen molar-refractivity contribution in [2.45, 2.75) is 32.3 Å². The lowest BCUT2D eigenvalue weighted by Crippen LogP contribution is -2.19. The van der Waals surface area contributed by atoms with Crippen molar-refractivity contribution in [3.05, 3.63) is 24.3 Å². The Morgan fingerprint density at radius 2 is 1.56 bits per heavy atom. The van der Waals surface area contributed by atoms with E-state index in [4.69, 9.17) is 19.7 Å². The molecular weight excluding hydrogens is 232 g/mol. The first-order valence-corrected chi connectivity index (χ1v) is 6.56. The van der Waals surface area contributed by atoms with E-state index in [-0.39, 0.29) is 19.3 Å². The number of ether oxygens (including phenoxy) is 2. The van der Waals surface area contributed by atoms with Crippen LogP contribution in [0, 0.1) is 0 Å². The Bertz CT molecular complexity index is 214. The van der Waals surface area contributed by atoms with Gasteiger partial charge in [-0.25, -0.2) is 0 Å². The zero-order valence-corrected chi connectivity index (χ0v) is 11.3. The average Bonchev–Trinajstić information content (AvgIpc) is 2.40. The molecule has 0 bridgehead atoms. The Hall–Kier alpha value is -0.680. The molecule has 0 radical (unpaired) electrons. The van der Waals surface area contributed by atoms with Crippen molar-refractivity contribution >= 4 is 0 Å². The first-order chi connectivity index (χ1) is 8.85. The third kappa shape index (κ3) is 11.8. The van der Waals surface area contributed by atoms with Crippen LogP contribution in [0.2, 0.25) is 0 Å². The van der Waals surface area contributed by atoms with E-state index in [9.17, 15) is 0 Å². The summed E-state index contributed by atoms with van der Waals surface area (Å²) in [6, 6.07) is 0. The molecule has 0 saturated heterocycles. The lowest BCUT2D eigenvalue weighted by atomic mass is 10.3. The largest absolute Gasteiger partial charge is 0.396 e. The first-order valence-electron chi connectivity index (χ1n) is 6.56. The molecule has 0 aromatic heterocycles. The minimum Gasteiger partial charge on any atom is -0.396 e. The molecule has 106 valence electrons. The standard InChI is InChI=1S/C14H26O4/c1-2-14(18-12-8-4-6-10-16)13-17-11-7-3-5-9-15/h3-4,7-8,14-16H,2,5-6,9-13H2,1H3/b7-3+,8-4+. The predicted octanol–water partition coefficient (Wildman–Crippen LogP) is 1.68. The Morgan fingerprint density at radius 3 is 2.11 bits per heavy atom. The summed E-state index contributed by atoms with van der Waals surface area (Å²) in [5, 5.41) is 17.2. The summed E-state index contributed by atoms with van der Waals surface area (Å²) in [5.41, 5.74) is 0. The SMILES string of the molecule is CCC(COC/C=C/CCO)OC/C=C/CCO. The zero-order chi connectivity index (χ0) is 13.5. The van der Waals surface area contributed by atoms with E-state index in [1.807, 2.05) is 24.3 Å². The van der Waals surface area contributed by atoms with Crippen LogP contribution in [0.4, 0.5) is 0 Å². The Kier molecular flexibility index (Phi) is 13.8. The summed E-state index contributed by atoms with van der Waals surface area (Å²) in [5.74, 6) is 0. The van der Waals surface area contributed by atoms with E-state index in [1.54, 1.807) is 0 Å². The highest BCUT2D eigenvalue weighted by molar-refractivity contribution is 4.82. The third-order valence-electron chi connectivity index (χ3n) is 2.33. The van der Waals surface area contributed by atoms with Gasteiger partial charge in [-0.15, -0.1) is 0 Å². The molecule has 0 heterocycles. The Morgan fingerprint density at radius 1 is 0.944 bits per heavy atom. The second-order valence-corrected chi connectivity index (χ2v) is 3.87. The van der Waals surface area contributed by atoms with Gasteiger partial charge in [-0.3, -0.25) is 0 Å². The maximum atomic E-state index is 8.59. The molecule has 0 aliphatic rings. The maximum absolute atomic E-state index is 8.59. The van der Waals surface area contributed by atoms with E-state index in [0.717, 1.165) is 6.42 Å². The van der Waals surface area contributed by atoms with Crippen LogP contribution in [-0.4, -0.2) is 49.4 Å². The summed E-state index contributed by atoms with van der Waals surface area (Å²) >= 11 is 0. The molecule has 1 atom stereocenters. The normalized spacial score (nSPS) is 13.7. The fourth-order valence-corrected chi connectivity index (χ4v) is 1.26. The third-order valence-corrected chi connectivity index (χ3v) is 2.33. The topological polar surface area (TPSA) is 58.9 Å². The van der Waals surface area contributed by atoms with Crippen LogP contribution in [0.1, 0.15) is 26.2 Å². The van der Waals surface area contributed by atoms with Crippen molar-refractivity contribution < 1.29 is 19.7 Å². The minimum absolute atomic E-state index is 0.106. The van der Waals surface area contributed by atoms with Gasteiger partial charge in [0.1, 0.15) is 0 Å². The molecule has 0 aromatic rings. The fraction of sp³-hybridized carbons (Fsp3) is 0.714. The molecule has 0 aliphatic heterocycles. The molecule has 0 saturated carbocycles. The average molecular weight is 258 g/mol. The van der Waals surface area contributed by atoms with Crippen LogP contribution < -0.4 is 0 Å². The van der Waals surface area contributed by atoms with Crippen LogP contribution in [0.25, 0.3) is 0 Å². The monoisotopic (exact) mass is 258 g/mol. The maximum Gasteiger partial charge on any atom is 0.0810 e. The molecule has 4 nitrogen and oxygen atoms in total. The van der Waals surface area contributed by atoms with Gasteiger partial charge in [0.2, 0.25) is 0 Å². The van der Waals surface area contributed by atoms with Crippen molar-refractivity contribution in [2.24, 2.45) is 0 Å². The van der Waals surface area contributed by atoms with Gasteiger partial charge in [0.05, 0.1) is 25.9 Å². The van der Waals surface area contributed by atoms with Gasteiger partial charge >= 0.3 is 0 Å². The molecule has 0 spiro atoms. The number of aliphatic hydroxyl groups excluding tert-OH is 2. The smallest absolute Gasteiger partial charge is 0.0810 e. The van der Waals surface area contributed by atoms with Crippen molar-refractivity contribution in [3.8, 4) is 0 Å². The minimum atomic E-state index is 0.106. The summed E-state index contributed by atoms with van der Waals surface area (Å²) in [4.78, 5) is 0. The summed E-state index contributed by atoms with van der Waals surface area (Å²) < 4.78 is 11.1. The second kappa shape index (κ2) is 14.4. The summed E-state index contributed by atoms with van der Waals surface area (Å²) in [7, 11) is 0. The van der Waals surface area contributed by atoms with Crippen molar-refractivity contribution in [1.29, 1.82) is 0 Å². The molecule has 0 aliphatic carbocycles. The van der Waals surface area contributed by atoms with E-state index in [0.29, 0.717) is 32.7 Å². The number of hydrogen-bond donors (Lipinski definition) is 2. The molecule has 2 N–H and O–H groups in total. The molecule has 0 rings (SSSR count). The van der Waals surface area contributed by atoms with E-state index in [2.05, 4.69) is 6.92 Å². The van der Waals surface area contributed by atoms with Gasteiger partial charge in [0.15, 0.2) is 0 Å². The quantitative estimate of drug-likeness (QED) is 0.413. The van der Waals surface area contributed by atoms with Gasteiger partial charge in [0.25, 0.3) is 0 Å². The number of hydrogen-bond acceptors (Lipinski definition) is 4. The molecule has 0 fully saturated rings. The molecular formula is C14H26O4. The predicted molar refractivity (Wildman–Crippen MR) is 72.5 cm³/mol. The lowest BCUT2D eigenvalue weighted by molar-refractivity contribution is 0.000210. The first kappa shape index (κ1) is 17.3. The summed E-state index contributed by atoms with van der Waals surface area (Å²) in [6.07, 6.45) is 10.00. The molecule has 0 aromatic carbocycles. The van der Waals surface area contributed by atoms with E-state index >= 15 is 0 Å². The molecule has 1 unspecified atom stereocenters. The van der Waals surface area contributed by atoms with E-state index in [1.165, 1.54) is 0 Å². The van der Waals surface area contributed by atoms with Crippen molar-refractivity contribution in [1.82, 2.24) is 0 Å². The van der Waals surface area contributed by atoms with Crippen molar-refractivity contribution in [2.75, 3.05) is 33.0 Å². The number of aliphatic hydroxyl groups is 2. The van der Waals surface area contributed by atoms with Gasteiger partial charge in [-0.2, -0.15) is 0 Å². The summed E-state index contributed by atoms with van der Waals surface area (Å²) in [6.45, 7) is 4.11. The highest BCUT2D eigenvalue weighted by atomic mass is 16.5. The van der Waals surface area contributed by atoms with Crippen LogP contribution >= 0.6 is 0 Å². The van der Waals surface area contributed by atoms with Crippen LogP contribution in [0.15, 0.2) is 24.3 Å². The van der Waals surface area contributed by atoms with Gasteiger partial charge in [-0.1, -0.05) is 31.2 Å². The zero-order valence-electron chi connectivity index (χ0n) is 11.3. The Labute approximate surface area is 110 Å². The second-order valence-electron chi connectivity index (χ2n) is 3.87. The molecule has 18 heavy (non-hydrogen) atoms. The number of rotatable bonds is 12. The lowest BCUT2D eigenvalue weighted by Gasteiger charge is -2.14.